The molecular formula is C36H49N3O7Si. The quantitative estimate of drug-likeness (QED) is 0.393. The summed E-state index contributed by atoms with van der Waals surface area (Å²) in [5.74, 6) is -0.0557. The summed E-state index contributed by atoms with van der Waals surface area (Å²) < 4.78 is 12.5. The van der Waals surface area contributed by atoms with E-state index in [0.29, 0.717) is 36.5 Å². The Morgan fingerprint density at radius 1 is 1.06 bits per heavy atom. The standard InChI is InChI=1S/C36H49N3O7Si/c1-24-34(47(3,4)44)31(21-33(42)38-18-10-13-27(38)23-40)46-36(24)29-20-28(45-2)15-16-30(29)39(35(36)43)22-25-11-9-12-26(19-25)37-17-8-6-5-7-14-32(37)41/h9,11-12,15-16,19-20,24,27,31,34,40,44H,5-8,10,13-14,17-18,21-23H2,1-4H3/t24-,27-,31+,34-,36+/m0/s1. The number of fused-ring (bicyclic) bond motifs is 2. The van der Waals surface area contributed by atoms with E-state index in [0.717, 1.165) is 49.8 Å². The van der Waals surface area contributed by atoms with Gasteiger partial charge < -0.3 is 34.1 Å². The lowest BCUT2D eigenvalue weighted by Gasteiger charge is -2.33. The van der Waals surface area contributed by atoms with Crippen LogP contribution in [-0.4, -0.2) is 79.8 Å². The minimum Gasteiger partial charge on any atom is -0.497 e. The molecule has 0 bridgehead atoms. The summed E-state index contributed by atoms with van der Waals surface area (Å²) in [4.78, 5) is 58.5. The number of benzene rings is 2. The molecule has 6 rings (SSSR count). The van der Waals surface area contributed by atoms with Crippen LogP contribution in [0.15, 0.2) is 42.5 Å². The maximum Gasteiger partial charge on any atom is 0.264 e. The first kappa shape index (κ1) is 33.6. The van der Waals surface area contributed by atoms with Gasteiger partial charge in [-0.3, -0.25) is 14.4 Å². The summed E-state index contributed by atoms with van der Waals surface area (Å²) in [5.41, 5.74) is 1.30. The number of anilines is 2. The molecule has 5 atom stereocenters. The molecule has 0 aliphatic carbocycles. The third-order valence-corrected chi connectivity index (χ3v) is 13.4. The Labute approximate surface area is 278 Å². The number of ether oxygens (including phenoxy) is 2. The van der Waals surface area contributed by atoms with Crippen molar-refractivity contribution in [3.63, 3.8) is 0 Å². The molecule has 3 amide bonds. The van der Waals surface area contributed by atoms with Crippen molar-refractivity contribution < 1.29 is 33.8 Å². The van der Waals surface area contributed by atoms with Crippen LogP contribution in [0.1, 0.15) is 69.4 Å². The summed E-state index contributed by atoms with van der Waals surface area (Å²) >= 11 is 0. The van der Waals surface area contributed by atoms with E-state index in [9.17, 15) is 24.3 Å². The third kappa shape index (κ3) is 6.11. The number of carbonyl (C=O) groups excluding carboxylic acids is 3. The van der Waals surface area contributed by atoms with Gasteiger partial charge in [-0.05, 0) is 74.7 Å². The van der Waals surface area contributed by atoms with Gasteiger partial charge in [-0.15, -0.1) is 0 Å². The highest BCUT2D eigenvalue weighted by Gasteiger charge is 2.66. The molecule has 1 spiro atoms. The van der Waals surface area contributed by atoms with Crippen LogP contribution in [0.3, 0.4) is 0 Å². The molecule has 0 unspecified atom stereocenters. The number of rotatable bonds is 8. The van der Waals surface area contributed by atoms with E-state index >= 15 is 0 Å². The smallest absolute Gasteiger partial charge is 0.264 e. The number of carbonyl (C=O) groups is 3. The second-order valence-electron chi connectivity index (χ2n) is 14.3. The van der Waals surface area contributed by atoms with E-state index < -0.39 is 31.5 Å². The molecule has 3 saturated heterocycles. The van der Waals surface area contributed by atoms with Crippen LogP contribution in [0.25, 0.3) is 0 Å². The predicted molar refractivity (Wildman–Crippen MR) is 182 cm³/mol. The summed E-state index contributed by atoms with van der Waals surface area (Å²) in [5, 5.41) is 9.87. The van der Waals surface area contributed by atoms with E-state index in [1.165, 1.54) is 0 Å². The summed E-state index contributed by atoms with van der Waals surface area (Å²) in [6.45, 7) is 7.10. The van der Waals surface area contributed by atoms with E-state index in [1.54, 1.807) is 16.9 Å². The van der Waals surface area contributed by atoms with Gasteiger partial charge in [0.15, 0.2) is 13.9 Å². The molecule has 4 aliphatic rings. The third-order valence-electron chi connectivity index (χ3n) is 10.9. The van der Waals surface area contributed by atoms with Gasteiger partial charge in [0, 0.05) is 42.2 Å². The topological polar surface area (TPSA) is 120 Å². The number of aliphatic hydroxyl groups excluding tert-OH is 1. The molecule has 0 aromatic heterocycles. The van der Waals surface area contributed by atoms with Crippen LogP contribution in [0.2, 0.25) is 18.6 Å². The van der Waals surface area contributed by atoms with Gasteiger partial charge in [0.1, 0.15) is 5.75 Å². The number of nitrogens with zero attached hydrogens (tertiary/aromatic N) is 3. The molecule has 2 N–H and O–H groups in total. The first-order valence-corrected chi connectivity index (χ1v) is 20.2. The Balaban J connectivity index is 1.35. The van der Waals surface area contributed by atoms with E-state index in [1.807, 2.05) is 67.4 Å². The van der Waals surface area contributed by atoms with Crippen LogP contribution in [-0.2, 0) is 31.3 Å². The van der Waals surface area contributed by atoms with Gasteiger partial charge in [-0.2, -0.15) is 0 Å². The van der Waals surface area contributed by atoms with Crippen molar-refractivity contribution in [3.05, 3.63) is 53.6 Å². The van der Waals surface area contributed by atoms with Crippen LogP contribution in [0, 0.1) is 5.92 Å². The van der Waals surface area contributed by atoms with Crippen molar-refractivity contribution >= 4 is 37.4 Å². The normalized spacial score (nSPS) is 28.2. The maximum absolute atomic E-state index is 14.9. The van der Waals surface area contributed by atoms with Crippen molar-refractivity contribution in [1.82, 2.24) is 4.90 Å². The minimum atomic E-state index is -2.97. The van der Waals surface area contributed by atoms with Gasteiger partial charge in [0.2, 0.25) is 11.8 Å². The Kier molecular flexibility index (Phi) is 9.54. The summed E-state index contributed by atoms with van der Waals surface area (Å²) in [6.07, 6.45) is 5.53. The number of hydrogen-bond acceptors (Lipinski definition) is 7. The fraction of sp³-hybridized carbons (Fsp3) is 0.583. The average Bonchev–Trinajstić information content (AvgIpc) is 3.69. The van der Waals surface area contributed by atoms with Crippen molar-refractivity contribution in [2.45, 2.75) is 101 Å². The van der Waals surface area contributed by atoms with Crippen molar-refractivity contribution in [2.24, 2.45) is 5.92 Å². The van der Waals surface area contributed by atoms with Crippen LogP contribution >= 0.6 is 0 Å². The molecule has 0 radical (unpaired) electrons. The summed E-state index contributed by atoms with van der Waals surface area (Å²) in [7, 11) is -1.39. The van der Waals surface area contributed by atoms with Crippen LogP contribution in [0.5, 0.6) is 5.75 Å². The van der Waals surface area contributed by atoms with Crippen molar-refractivity contribution in [3.8, 4) is 5.75 Å². The van der Waals surface area contributed by atoms with Crippen molar-refractivity contribution in [2.75, 3.05) is 36.6 Å². The number of hydrogen-bond donors (Lipinski definition) is 2. The number of amides is 3. The Bertz CT molecular complexity index is 1510. The predicted octanol–water partition coefficient (Wildman–Crippen LogP) is 4.71. The Hall–Kier alpha value is -3.25. The summed E-state index contributed by atoms with van der Waals surface area (Å²) in [6, 6.07) is 13.2. The molecule has 254 valence electrons. The van der Waals surface area contributed by atoms with Gasteiger partial charge >= 0.3 is 0 Å². The second kappa shape index (κ2) is 13.3. The van der Waals surface area contributed by atoms with Gasteiger partial charge in [0.05, 0.1) is 44.5 Å². The highest BCUT2D eigenvalue weighted by Crippen LogP contribution is 2.60. The lowest BCUT2D eigenvalue weighted by molar-refractivity contribution is -0.150. The zero-order valence-corrected chi connectivity index (χ0v) is 29.1. The fourth-order valence-electron chi connectivity index (χ4n) is 8.62. The first-order chi connectivity index (χ1) is 22.5. The minimum absolute atomic E-state index is 0.0305. The van der Waals surface area contributed by atoms with Crippen molar-refractivity contribution in [1.29, 1.82) is 0 Å². The number of likely N-dealkylation sites (tertiary alicyclic amines) is 1. The Morgan fingerprint density at radius 2 is 1.85 bits per heavy atom. The zero-order chi connectivity index (χ0) is 33.5. The van der Waals surface area contributed by atoms with Crippen LogP contribution in [0.4, 0.5) is 11.4 Å². The fourth-order valence-corrected chi connectivity index (χ4v) is 11.2. The molecule has 10 nitrogen and oxygen atoms in total. The van der Waals surface area contributed by atoms with Gasteiger partial charge in [0.25, 0.3) is 5.91 Å². The maximum atomic E-state index is 14.9. The molecular weight excluding hydrogens is 614 g/mol. The SMILES string of the molecule is COc1ccc2c(c1)[C@@]1(O[C@H](CC(=O)N3CCC[C@H]3CO)[C@@H]([Si](C)(C)O)[C@@H]1C)C(=O)N2Cc1cccc(N2CCCCCCC2=O)c1. The van der Waals surface area contributed by atoms with E-state index in [4.69, 9.17) is 9.47 Å². The molecule has 4 aliphatic heterocycles. The monoisotopic (exact) mass is 663 g/mol. The van der Waals surface area contributed by atoms with Gasteiger partial charge in [-0.1, -0.05) is 31.9 Å². The second-order valence-corrected chi connectivity index (χ2v) is 18.3. The first-order valence-electron chi connectivity index (χ1n) is 17.2. The molecule has 4 heterocycles. The largest absolute Gasteiger partial charge is 0.497 e. The molecule has 3 fully saturated rings. The average molecular weight is 664 g/mol. The Morgan fingerprint density at radius 3 is 2.60 bits per heavy atom. The molecule has 11 heteroatoms. The highest BCUT2D eigenvalue weighted by atomic mass is 28.4. The van der Waals surface area contributed by atoms with E-state index in [2.05, 4.69) is 0 Å². The molecule has 2 aromatic rings. The number of methoxy groups -OCH3 is 1. The highest BCUT2D eigenvalue weighted by molar-refractivity contribution is 6.71. The molecule has 2 aromatic carbocycles. The zero-order valence-electron chi connectivity index (χ0n) is 28.1. The van der Waals surface area contributed by atoms with Crippen LogP contribution < -0.4 is 14.5 Å². The lowest BCUT2D eigenvalue weighted by atomic mass is 9.82. The van der Waals surface area contributed by atoms with E-state index in [-0.39, 0.29) is 43.3 Å². The lowest BCUT2D eigenvalue weighted by Crippen LogP contribution is -2.46. The molecule has 47 heavy (non-hydrogen) atoms. The number of aliphatic hydroxyl groups is 1. The van der Waals surface area contributed by atoms with Gasteiger partial charge in [-0.25, -0.2) is 0 Å². The molecule has 0 saturated carbocycles.